The van der Waals surface area contributed by atoms with E-state index in [0.29, 0.717) is 11.4 Å². The number of anilines is 1. The van der Waals surface area contributed by atoms with Crippen molar-refractivity contribution in [2.45, 2.75) is 38.4 Å². The Morgan fingerprint density at radius 1 is 1.08 bits per heavy atom. The van der Waals surface area contributed by atoms with Crippen LogP contribution in [0.25, 0.3) is 0 Å². The summed E-state index contributed by atoms with van der Waals surface area (Å²) in [6.07, 6.45) is 4.62. The van der Waals surface area contributed by atoms with Gasteiger partial charge in [-0.1, -0.05) is 18.2 Å². The van der Waals surface area contributed by atoms with Crippen molar-refractivity contribution in [3.8, 4) is 11.5 Å². The molecule has 2 aromatic carbocycles. The first kappa shape index (κ1) is 17.2. The fraction of sp³-hybridized carbons (Fsp3) is 0.316. The van der Waals surface area contributed by atoms with Gasteiger partial charge < -0.3 is 14.8 Å². The van der Waals surface area contributed by atoms with Gasteiger partial charge in [0.2, 0.25) is 0 Å². The number of para-hydroxylation sites is 1. The number of hydrogen-bond acceptors (Lipinski definition) is 3. The van der Waals surface area contributed by atoms with Gasteiger partial charge in [0.05, 0.1) is 11.7 Å². The number of benzene rings is 2. The Labute approximate surface area is 144 Å². The van der Waals surface area contributed by atoms with Crippen LogP contribution in [0, 0.1) is 0 Å². The smallest absolute Gasteiger partial charge is 0.387 e. The summed E-state index contributed by atoms with van der Waals surface area (Å²) in [5.74, 6) is 0.00411. The lowest BCUT2D eigenvalue weighted by molar-refractivity contribution is -0.0501. The highest BCUT2D eigenvalue weighted by Crippen LogP contribution is 2.27. The van der Waals surface area contributed by atoms with E-state index in [1.165, 1.54) is 31.0 Å². The van der Waals surface area contributed by atoms with Gasteiger partial charge in [-0.3, -0.25) is 4.79 Å². The van der Waals surface area contributed by atoms with Crippen LogP contribution in [0.1, 0.15) is 36.0 Å². The standard InChI is InChI=1S/C19H19F2NO3/c20-19(21)25-17-11-4-3-10-16(17)18(23)22-13-6-5-9-15(12-13)24-14-7-1-2-8-14/h3-6,9-12,14,19H,1-2,7-8H2,(H,22,23). The Morgan fingerprint density at radius 2 is 1.84 bits per heavy atom. The van der Waals surface area contributed by atoms with Crippen molar-refractivity contribution in [3.05, 3.63) is 54.1 Å². The highest BCUT2D eigenvalue weighted by molar-refractivity contribution is 6.06. The summed E-state index contributed by atoms with van der Waals surface area (Å²) in [6, 6.07) is 13.0. The monoisotopic (exact) mass is 347 g/mol. The summed E-state index contributed by atoms with van der Waals surface area (Å²) in [5, 5.41) is 2.69. The highest BCUT2D eigenvalue weighted by atomic mass is 19.3. The third-order valence-electron chi connectivity index (χ3n) is 4.04. The van der Waals surface area contributed by atoms with Gasteiger partial charge in [0.25, 0.3) is 5.91 Å². The van der Waals surface area contributed by atoms with Gasteiger partial charge in [-0.15, -0.1) is 0 Å². The molecule has 0 atom stereocenters. The minimum absolute atomic E-state index is 0.0462. The molecule has 6 heteroatoms. The van der Waals surface area contributed by atoms with Crippen molar-refractivity contribution in [3.63, 3.8) is 0 Å². The summed E-state index contributed by atoms with van der Waals surface area (Å²) >= 11 is 0. The largest absolute Gasteiger partial charge is 0.490 e. The van der Waals surface area contributed by atoms with Crippen LogP contribution in [0.5, 0.6) is 11.5 Å². The lowest BCUT2D eigenvalue weighted by Gasteiger charge is -2.14. The van der Waals surface area contributed by atoms with E-state index in [2.05, 4.69) is 10.1 Å². The molecule has 1 amide bonds. The summed E-state index contributed by atoms with van der Waals surface area (Å²) in [6.45, 7) is -2.99. The number of carbonyl (C=O) groups excluding carboxylic acids is 1. The third kappa shape index (κ3) is 4.68. The van der Waals surface area contributed by atoms with Gasteiger partial charge in [0.1, 0.15) is 11.5 Å². The maximum Gasteiger partial charge on any atom is 0.387 e. The average Bonchev–Trinajstić information content (AvgIpc) is 3.08. The molecule has 0 saturated heterocycles. The van der Waals surface area contributed by atoms with Crippen LogP contribution in [0.15, 0.2) is 48.5 Å². The molecule has 1 aliphatic rings. The molecule has 132 valence electrons. The Hall–Kier alpha value is -2.63. The molecule has 25 heavy (non-hydrogen) atoms. The normalized spacial score (nSPS) is 14.5. The van der Waals surface area contributed by atoms with E-state index < -0.39 is 12.5 Å². The number of halogens is 2. The van der Waals surface area contributed by atoms with Crippen LogP contribution in [0.4, 0.5) is 14.5 Å². The minimum atomic E-state index is -2.99. The highest BCUT2D eigenvalue weighted by Gasteiger charge is 2.18. The molecule has 1 aliphatic carbocycles. The fourth-order valence-corrected chi connectivity index (χ4v) is 2.90. The molecule has 0 aliphatic heterocycles. The van der Waals surface area contributed by atoms with Crippen LogP contribution in [-0.2, 0) is 0 Å². The molecule has 0 bridgehead atoms. The number of hydrogen-bond donors (Lipinski definition) is 1. The topological polar surface area (TPSA) is 47.6 Å². The SMILES string of the molecule is O=C(Nc1cccc(OC2CCCC2)c1)c1ccccc1OC(F)F. The first-order valence-corrected chi connectivity index (χ1v) is 8.24. The molecule has 0 heterocycles. The van der Waals surface area contributed by atoms with Crippen LogP contribution in [0.2, 0.25) is 0 Å². The second-order valence-electron chi connectivity index (χ2n) is 5.88. The molecule has 1 N–H and O–H groups in total. The van der Waals surface area contributed by atoms with Crippen LogP contribution >= 0.6 is 0 Å². The molecular formula is C19H19F2NO3. The molecule has 0 aromatic heterocycles. The Kier molecular flexibility index (Phi) is 5.48. The first-order chi connectivity index (χ1) is 12.1. The van der Waals surface area contributed by atoms with Crippen molar-refractivity contribution in [2.75, 3.05) is 5.32 Å². The zero-order valence-corrected chi connectivity index (χ0v) is 13.6. The molecule has 1 saturated carbocycles. The number of alkyl halides is 2. The van der Waals surface area contributed by atoms with E-state index in [0.717, 1.165) is 12.8 Å². The summed E-state index contributed by atoms with van der Waals surface area (Å²) < 4.78 is 35.2. The molecule has 0 spiro atoms. The second-order valence-corrected chi connectivity index (χ2v) is 5.88. The van der Waals surface area contributed by atoms with Gasteiger partial charge in [0.15, 0.2) is 0 Å². The van der Waals surface area contributed by atoms with Crippen molar-refractivity contribution >= 4 is 11.6 Å². The van der Waals surface area contributed by atoms with Gasteiger partial charge >= 0.3 is 6.61 Å². The summed E-state index contributed by atoms with van der Waals surface area (Å²) in [7, 11) is 0. The van der Waals surface area contributed by atoms with Crippen LogP contribution < -0.4 is 14.8 Å². The zero-order valence-electron chi connectivity index (χ0n) is 13.6. The lowest BCUT2D eigenvalue weighted by Crippen LogP contribution is -2.15. The molecule has 3 rings (SSSR count). The van der Waals surface area contributed by atoms with Gasteiger partial charge in [-0.2, -0.15) is 8.78 Å². The van der Waals surface area contributed by atoms with Gasteiger partial charge in [0, 0.05) is 11.8 Å². The second kappa shape index (κ2) is 7.96. The summed E-state index contributed by atoms with van der Waals surface area (Å²) in [5.41, 5.74) is 0.581. The molecule has 0 radical (unpaired) electrons. The number of carbonyl (C=O) groups is 1. The maximum atomic E-state index is 12.5. The Morgan fingerprint density at radius 3 is 2.60 bits per heavy atom. The number of amides is 1. The first-order valence-electron chi connectivity index (χ1n) is 8.24. The minimum Gasteiger partial charge on any atom is -0.490 e. The molecule has 2 aromatic rings. The van der Waals surface area contributed by atoms with E-state index in [9.17, 15) is 13.6 Å². The van der Waals surface area contributed by atoms with Gasteiger partial charge in [-0.25, -0.2) is 0 Å². The van der Waals surface area contributed by atoms with E-state index >= 15 is 0 Å². The zero-order chi connectivity index (χ0) is 17.6. The molecule has 1 fully saturated rings. The van der Waals surface area contributed by atoms with E-state index in [1.807, 2.05) is 6.07 Å². The predicted octanol–water partition coefficient (Wildman–Crippen LogP) is 4.86. The molecule has 4 nitrogen and oxygen atoms in total. The predicted molar refractivity (Wildman–Crippen MR) is 90.4 cm³/mol. The quantitative estimate of drug-likeness (QED) is 0.812. The number of nitrogens with one attached hydrogen (secondary N) is 1. The Balaban J connectivity index is 1.70. The Bertz CT molecular complexity index is 730. The molecule has 0 unspecified atom stereocenters. The van der Waals surface area contributed by atoms with Crippen molar-refractivity contribution in [1.29, 1.82) is 0 Å². The van der Waals surface area contributed by atoms with E-state index in [-0.39, 0.29) is 17.4 Å². The van der Waals surface area contributed by atoms with Crippen molar-refractivity contribution in [2.24, 2.45) is 0 Å². The lowest BCUT2D eigenvalue weighted by atomic mass is 10.2. The van der Waals surface area contributed by atoms with Crippen LogP contribution in [0.3, 0.4) is 0 Å². The maximum absolute atomic E-state index is 12.5. The van der Waals surface area contributed by atoms with Crippen LogP contribution in [-0.4, -0.2) is 18.6 Å². The average molecular weight is 347 g/mol. The number of rotatable bonds is 6. The summed E-state index contributed by atoms with van der Waals surface area (Å²) in [4.78, 5) is 12.4. The van der Waals surface area contributed by atoms with Crippen molar-refractivity contribution in [1.82, 2.24) is 0 Å². The van der Waals surface area contributed by atoms with E-state index in [1.54, 1.807) is 24.3 Å². The molecular weight excluding hydrogens is 328 g/mol. The van der Waals surface area contributed by atoms with Crippen molar-refractivity contribution < 1.29 is 23.0 Å². The number of ether oxygens (including phenoxy) is 2. The third-order valence-corrected chi connectivity index (χ3v) is 4.04. The van der Waals surface area contributed by atoms with Gasteiger partial charge in [-0.05, 0) is 49.9 Å². The van der Waals surface area contributed by atoms with E-state index in [4.69, 9.17) is 4.74 Å². The fourth-order valence-electron chi connectivity index (χ4n) is 2.90.